The quantitative estimate of drug-likeness (QED) is 0.833. The van der Waals surface area contributed by atoms with Gasteiger partial charge < -0.3 is 10.1 Å². The number of nitrogens with one attached hydrogen (secondary N) is 2. The van der Waals surface area contributed by atoms with Gasteiger partial charge in [-0.15, -0.1) is 0 Å². The molecule has 0 aliphatic heterocycles. The molecule has 0 heterocycles. The lowest BCUT2D eigenvalue weighted by Gasteiger charge is -2.10. The zero-order valence-corrected chi connectivity index (χ0v) is 11.0. The maximum absolute atomic E-state index is 13.4. The molecular formula is C11H9ClF4N2O3. The van der Waals surface area contributed by atoms with E-state index in [1.54, 1.807) is 5.32 Å². The fourth-order valence-electron chi connectivity index (χ4n) is 1.13. The van der Waals surface area contributed by atoms with E-state index in [0.29, 0.717) is 0 Å². The first-order chi connectivity index (χ1) is 9.69. The predicted molar refractivity (Wildman–Crippen MR) is 64.5 cm³/mol. The number of hydrogen-bond acceptors (Lipinski definition) is 3. The Balaban J connectivity index is 2.41. The largest absolute Gasteiger partial charge is 0.481 e. The average molecular weight is 329 g/mol. The zero-order valence-electron chi connectivity index (χ0n) is 10.3. The maximum atomic E-state index is 13.4. The van der Waals surface area contributed by atoms with Gasteiger partial charge in [-0.2, -0.15) is 13.2 Å². The van der Waals surface area contributed by atoms with Crippen LogP contribution >= 0.6 is 11.6 Å². The van der Waals surface area contributed by atoms with Gasteiger partial charge in [-0.25, -0.2) is 9.18 Å². The summed E-state index contributed by atoms with van der Waals surface area (Å²) in [4.78, 5) is 22.2. The number of benzene rings is 1. The van der Waals surface area contributed by atoms with Gasteiger partial charge in [0.05, 0.1) is 5.02 Å². The summed E-state index contributed by atoms with van der Waals surface area (Å²) < 4.78 is 53.5. The normalized spacial score (nSPS) is 10.9. The fourth-order valence-corrected chi connectivity index (χ4v) is 1.29. The van der Waals surface area contributed by atoms with Crippen LogP contribution in [0.5, 0.6) is 5.75 Å². The van der Waals surface area contributed by atoms with Gasteiger partial charge in [-0.1, -0.05) is 17.7 Å². The Kier molecular flexibility index (Phi) is 5.77. The van der Waals surface area contributed by atoms with Gasteiger partial charge in [-0.3, -0.25) is 10.1 Å². The fraction of sp³-hybridized carbons (Fsp3) is 0.273. The van der Waals surface area contributed by atoms with Crippen LogP contribution < -0.4 is 15.4 Å². The van der Waals surface area contributed by atoms with Crippen molar-refractivity contribution in [1.82, 2.24) is 10.6 Å². The molecule has 116 valence electrons. The number of ether oxygens (including phenoxy) is 1. The van der Waals surface area contributed by atoms with Crippen molar-refractivity contribution in [3.63, 3.8) is 0 Å². The Morgan fingerprint density at radius 3 is 2.57 bits per heavy atom. The Bertz CT molecular complexity index is 537. The Hall–Kier alpha value is -2.03. The highest BCUT2D eigenvalue weighted by atomic mass is 35.5. The van der Waals surface area contributed by atoms with Crippen LogP contribution in [0.15, 0.2) is 18.2 Å². The minimum Gasteiger partial charge on any atom is -0.481 e. The number of halogens is 5. The monoisotopic (exact) mass is 328 g/mol. The van der Waals surface area contributed by atoms with Crippen molar-refractivity contribution in [2.24, 2.45) is 0 Å². The number of carbonyl (C=O) groups is 2. The Labute approximate surface area is 121 Å². The molecule has 5 nitrogen and oxygen atoms in total. The summed E-state index contributed by atoms with van der Waals surface area (Å²) in [5.74, 6) is -2.27. The third kappa shape index (κ3) is 6.30. The van der Waals surface area contributed by atoms with Crippen molar-refractivity contribution in [2.45, 2.75) is 6.18 Å². The van der Waals surface area contributed by atoms with Crippen molar-refractivity contribution in [3.05, 3.63) is 29.0 Å². The first-order valence-corrected chi connectivity index (χ1v) is 5.78. The van der Waals surface area contributed by atoms with Crippen molar-refractivity contribution in [1.29, 1.82) is 0 Å². The van der Waals surface area contributed by atoms with E-state index in [-0.39, 0.29) is 10.8 Å². The van der Waals surface area contributed by atoms with E-state index in [4.69, 9.17) is 16.3 Å². The van der Waals surface area contributed by atoms with Crippen LogP contribution in [-0.2, 0) is 4.79 Å². The highest BCUT2D eigenvalue weighted by Gasteiger charge is 2.28. The molecule has 0 unspecified atom stereocenters. The molecule has 1 aromatic rings. The van der Waals surface area contributed by atoms with E-state index in [9.17, 15) is 27.2 Å². The lowest BCUT2D eigenvalue weighted by molar-refractivity contribution is -0.125. The van der Waals surface area contributed by atoms with Crippen LogP contribution in [-0.4, -0.2) is 31.3 Å². The number of imide groups is 1. The number of hydrogen-bond donors (Lipinski definition) is 2. The van der Waals surface area contributed by atoms with Crippen LogP contribution in [0.4, 0.5) is 22.4 Å². The lowest BCUT2D eigenvalue weighted by Crippen LogP contribution is -2.44. The van der Waals surface area contributed by atoms with Crippen molar-refractivity contribution in [2.75, 3.05) is 13.2 Å². The molecule has 0 saturated heterocycles. The second kappa shape index (κ2) is 7.11. The van der Waals surface area contributed by atoms with E-state index < -0.39 is 37.1 Å². The molecule has 1 rings (SSSR count). The average Bonchev–Trinajstić information content (AvgIpc) is 2.37. The molecule has 3 amide bonds. The van der Waals surface area contributed by atoms with Gasteiger partial charge >= 0.3 is 12.2 Å². The molecule has 0 aliphatic rings. The van der Waals surface area contributed by atoms with E-state index in [1.807, 2.05) is 0 Å². The SMILES string of the molecule is O=C(COc1cccc(Cl)c1F)NC(=O)NCC(F)(F)F. The number of carbonyl (C=O) groups excluding carboxylic acids is 2. The molecule has 0 aliphatic carbocycles. The summed E-state index contributed by atoms with van der Waals surface area (Å²) in [6, 6.07) is 2.48. The number of urea groups is 1. The second-order valence-electron chi connectivity index (χ2n) is 3.69. The topological polar surface area (TPSA) is 67.4 Å². The Morgan fingerprint density at radius 2 is 1.95 bits per heavy atom. The first-order valence-electron chi connectivity index (χ1n) is 5.40. The van der Waals surface area contributed by atoms with Crippen LogP contribution in [0, 0.1) is 5.82 Å². The summed E-state index contributed by atoms with van der Waals surface area (Å²) in [5.41, 5.74) is 0. The summed E-state index contributed by atoms with van der Waals surface area (Å²) in [6.07, 6.45) is -4.60. The molecule has 0 radical (unpaired) electrons. The zero-order chi connectivity index (χ0) is 16.0. The van der Waals surface area contributed by atoms with E-state index in [1.165, 1.54) is 23.5 Å². The van der Waals surface area contributed by atoms with Crippen LogP contribution in [0.3, 0.4) is 0 Å². The van der Waals surface area contributed by atoms with Crippen molar-refractivity contribution >= 4 is 23.5 Å². The number of rotatable bonds is 4. The third-order valence-electron chi connectivity index (χ3n) is 1.98. The van der Waals surface area contributed by atoms with Gasteiger partial charge in [0, 0.05) is 0 Å². The number of alkyl halides is 3. The smallest absolute Gasteiger partial charge is 0.405 e. The molecule has 0 fully saturated rings. The van der Waals surface area contributed by atoms with E-state index in [2.05, 4.69) is 0 Å². The molecule has 1 aromatic carbocycles. The first kappa shape index (κ1) is 17.0. The molecular weight excluding hydrogens is 320 g/mol. The van der Waals surface area contributed by atoms with Crippen LogP contribution in [0.1, 0.15) is 0 Å². The van der Waals surface area contributed by atoms with Gasteiger partial charge in [0.2, 0.25) is 0 Å². The molecule has 2 N–H and O–H groups in total. The molecule has 0 spiro atoms. The molecule has 0 aromatic heterocycles. The molecule has 10 heteroatoms. The summed E-state index contributed by atoms with van der Waals surface area (Å²) >= 11 is 5.47. The Morgan fingerprint density at radius 1 is 1.29 bits per heavy atom. The third-order valence-corrected chi connectivity index (χ3v) is 2.27. The van der Waals surface area contributed by atoms with Crippen LogP contribution in [0.2, 0.25) is 5.02 Å². The van der Waals surface area contributed by atoms with Crippen LogP contribution in [0.25, 0.3) is 0 Å². The van der Waals surface area contributed by atoms with E-state index >= 15 is 0 Å². The van der Waals surface area contributed by atoms with Gasteiger partial charge in [0.25, 0.3) is 5.91 Å². The van der Waals surface area contributed by atoms with Crippen molar-refractivity contribution in [3.8, 4) is 5.75 Å². The van der Waals surface area contributed by atoms with Gasteiger partial charge in [0.1, 0.15) is 6.54 Å². The molecule has 0 atom stereocenters. The maximum Gasteiger partial charge on any atom is 0.405 e. The molecule has 0 bridgehead atoms. The minimum absolute atomic E-state index is 0.226. The van der Waals surface area contributed by atoms with Gasteiger partial charge in [-0.05, 0) is 12.1 Å². The van der Waals surface area contributed by atoms with E-state index in [0.717, 1.165) is 0 Å². The summed E-state index contributed by atoms with van der Waals surface area (Å²) in [6.45, 7) is -2.35. The standard InChI is InChI=1S/C11H9ClF4N2O3/c12-6-2-1-3-7(9(6)13)21-4-8(19)18-10(20)17-5-11(14,15)16/h1-3H,4-5H2,(H2,17,18,19,20). The summed E-state index contributed by atoms with van der Waals surface area (Å²) in [7, 11) is 0. The lowest BCUT2D eigenvalue weighted by atomic mass is 10.3. The minimum atomic E-state index is -4.60. The number of amides is 3. The molecule has 21 heavy (non-hydrogen) atoms. The van der Waals surface area contributed by atoms with Gasteiger partial charge in [0.15, 0.2) is 18.2 Å². The van der Waals surface area contributed by atoms with Crippen molar-refractivity contribution < 1.29 is 31.9 Å². The molecule has 0 saturated carbocycles. The second-order valence-corrected chi connectivity index (χ2v) is 4.09. The highest BCUT2D eigenvalue weighted by Crippen LogP contribution is 2.23. The highest BCUT2D eigenvalue weighted by molar-refractivity contribution is 6.30. The predicted octanol–water partition coefficient (Wildman–Crippen LogP) is 2.25. The summed E-state index contributed by atoms with van der Waals surface area (Å²) in [5, 5.41) is 2.79.